The monoisotopic (exact) mass is 452 g/mol. The van der Waals surface area contributed by atoms with Crippen LogP contribution in [-0.2, 0) is 9.59 Å². The second kappa shape index (κ2) is 9.89. The van der Waals surface area contributed by atoms with Gasteiger partial charge in [0.05, 0.1) is 12.0 Å². The normalized spacial score (nSPS) is 18.8. The van der Waals surface area contributed by atoms with Gasteiger partial charge in [0.2, 0.25) is 11.8 Å². The minimum absolute atomic E-state index is 0.00425. The molecule has 1 unspecified atom stereocenters. The number of hydrogen-bond donors (Lipinski definition) is 1. The lowest BCUT2D eigenvalue weighted by Gasteiger charge is -2.35. The maximum Gasteiger partial charge on any atom is 0.292 e. The van der Waals surface area contributed by atoms with Crippen molar-refractivity contribution in [2.45, 2.75) is 31.7 Å². The fraction of sp³-hybridized carbons (Fsp3) is 0.417. The standard InChI is InChI=1S/C24H28N4O5/c1-33-19-10-8-18(9-11-19)25-23(29)22-7-4-14-27(22)24(30)17-12-15-26(16-13-17)20-5-2-3-6-21(20)28(31)32/h2-3,5-6,8-11,17,22H,4,7,12-16H2,1H3,(H,25,29). The van der Waals surface area contributed by atoms with Crippen LogP contribution in [0.5, 0.6) is 5.75 Å². The van der Waals surface area contributed by atoms with Gasteiger partial charge in [-0.1, -0.05) is 12.1 Å². The molecule has 2 saturated heterocycles. The van der Waals surface area contributed by atoms with Crippen LogP contribution in [0.4, 0.5) is 17.1 Å². The molecule has 0 radical (unpaired) electrons. The molecule has 33 heavy (non-hydrogen) atoms. The van der Waals surface area contributed by atoms with E-state index in [4.69, 9.17) is 4.74 Å². The third-order valence-electron chi connectivity index (χ3n) is 6.46. The summed E-state index contributed by atoms with van der Waals surface area (Å²) in [5.41, 5.74) is 1.33. The summed E-state index contributed by atoms with van der Waals surface area (Å²) in [7, 11) is 1.58. The third kappa shape index (κ3) is 4.92. The first kappa shape index (κ1) is 22.6. The highest BCUT2D eigenvalue weighted by Crippen LogP contribution is 2.32. The molecule has 0 spiro atoms. The topological polar surface area (TPSA) is 105 Å². The number of nitrogens with zero attached hydrogens (tertiary/aromatic N) is 3. The lowest BCUT2D eigenvalue weighted by molar-refractivity contribution is -0.384. The van der Waals surface area contributed by atoms with Gasteiger partial charge in [-0.3, -0.25) is 19.7 Å². The first-order chi connectivity index (χ1) is 16.0. The summed E-state index contributed by atoms with van der Waals surface area (Å²) in [4.78, 5) is 40.8. The summed E-state index contributed by atoms with van der Waals surface area (Å²) in [6.07, 6.45) is 2.65. The Balaban J connectivity index is 1.37. The summed E-state index contributed by atoms with van der Waals surface area (Å²) in [6.45, 7) is 1.71. The smallest absolute Gasteiger partial charge is 0.292 e. The van der Waals surface area contributed by atoms with Crippen molar-refractivity contribution in [3.05, 3.63) is 58.6 Å². The van der Waals surface area contributed by atoms with Crippen LogP contribution >= 0.6 is 0 Å². The Morgan fingerprint density at radius 2 is 1.73 bits per heavy atom. The first-order valence-electron chi connectivity index (χ1n) is 11.2. The highest BCUT2D eigenvalue weighted by atomic mass is 16.6. The van der Waals surface area contributed by atoms with E-state index in [9.17, 15) is 19.7 Å². The molecule has 2 amide bonds. The second-order valence-corrected chi connectivity index (χ2v) is 8.41. The summed E-state index contributed by atoms with van der Waals surface area (Å²) < 4.78 is 5.14. The first-order valence-corrected chi connectivity index (χ1v) is 11.2. The Morgan fingerprint density at radius 1 is 1.03 bits per heavy atom. The average molecular weight is 453 g/mol. The molecule has 1 atom stereocenters. The van der Waals surface area contributed by atoms with E-state index in [1.807, 2.05) is 4.90 Å². The van der Waals surface area contributed by atoms with Gasteiger partial charge in [0, 0.05) is 37.3 Å². The minimum Gasteiger partial charge on any atom is -0.497 e. The summed E-state index contributed by atoms with van der Waals surface area (Å²) >= 11 is 0. The Bertz CT molecular complexity index is 1020. The van der Waals surface area contributed by atoms with E-state index in [2.05, 4.69) is 5.32 Å². The number of nitrogens with one attached hydrogen (secondary N) is 1. The molecular formula is C24H28N4O5. The van der Waals surface area contributed by atoms with Crippen molar-refractivity contribution in [2.75, 3.05) is 37.0 Å². The zero-order chi connectivity index (χ0) is 23.4. The van der Waals surface area contributed by atoms with Crippen LogP contribution in [-0.4, -0.2) is 54.4 Å². The van der Waals surface area contributed by atoms with Crippen molar-refractivity contribution in [1.29, 1.82) is 0 Å². The SMILES string of the molecule is COc1ccc(NC(=O)C2CCCN2C(=O)C2CCN(c3ccccc3[N+](=O)[O-])CC2)cc1. The van der Waals surface area contributed by atoms with Crippen LogP contribution < -0.4 is 15.0 Å². The van der Waals surface area contributed by atoms with Crippen molar-refractivity contribution in [1.82, 2.24) is 4.90 Å². The van der Waals surface area contributed by atoms with E-state index in [0.717, 1.165) is 6.42 Å². The third-order valence-corrected chi connectivity index (χ3v) is 6.46. The van der Waals surface area contributed by atoms with Crippen molar-refractivity contribution >= 4 is 28.9 Å². The molecule has 4 rings (SSSR count). The maximum atomic E-state index is 13.3. The van der Waals surface area contributed by atoms with E-state index in [1.54, 1.807) is 54.5 Å². The zero-order valence-corrected chi connectivity index (χ0v) is 18.6. The number of carbonyl (C=O) groups is 2. The van der Waals surface area contributed by atoms with Crippen molar-refractivity contribution in [3.8, 4) is 5.75 Å². The van der Waals surface area contributed by atoms with Crippen molar-refractivity contribution in [2.24, 2.45) is 5.92 Å². The molecule has 2 aliphatic rings. The summed E-state index contributed by atoms with van der Waals surface area (Å²) in [5.74, 6) is 0.351. The van der Waals surface area contributed by atoms with Crippen LogP contribution in [0.25, 0.3) is 0 Å². The molecule has 1 N–H and O–H groups in total. The van der Waals surface area contributed by atoms with Gasteiger partial charge in [0.15, 0.2) is 0 Å². The number of likely N-dealkylation sites (tertiary alicyclic amines) is 1. The molecule has 0 aliphatic carbocycles. The molecule has 174 valence electrons. The predicted molar refractivity (Wildman–Crippen MR) is 124 cm³/mol. The van der Waals surface area contributed by atoms with E-state index in [1.165, 1.54) is 6.07 Å². The number of amides is 2. The van der Waals surface area contributed by atoms with Crippen molar-refractivity contribution < 1.29 is 19.2 Å². The molecule has 2 aliphatic heterocycles. The Labute approximate surface area is 192 Å². The van der Waals surface area contributed by atoms with Crippen molar-refractivity contribution in [3.63, 3.8) is 0 Å². The Morgan fingerprint density at radius 3 is 2.39 bits per heavy atom. The number of methoxy groups -OCH3 is 1. The minimum atomic E-state index is -0.479. The predicted octanol–water partition coefficient (Wildman–Crippen LogP) is 3.45. The molecule has 0 saturated carbocycles. The van der Waals surface area contributed by atoms with E-state index < -0.39 is 6.04 Å². The van der Waals surface area contributed by atoms with E-state index in [-0.39, 0.29) is 28.3 Å². The van der Waals surface area contributed by atoms with Crippen LogP contribution in [0, 0.1) is 16.0 Å². The van der Waals surface area contributed by atoms with Gasteiger partial charge < -0.3 is 19.9 Å². The lowest BCUT2D eigenvalue weighted by atomic mass is 9.94. The molecule has 0 aromatic heterocycles. The quantitative estimate of drug-likeness (QED) is 0.532. The number of rotatable bonds is 6. The number of carbonyl (C=O) groups excluding carboxylic acids is 2. The summed E-state index contributed by atoms with van der Waals surface area (Å²) in [6, 6.07) is 13.3. The van der Waals surface area contributed by atoms with Gasteiger partial charge in [-0.15, -0.1) is 0 Å². The zero-order valence-electron chi connectivity index (χ0n) is 18.6. The highest BCUT2D eigenvalue weighted by molar-refractivity contribution is 5.97. The van der Waals surface area contributed by atoms with Crippen LogP contribution in [0.3, 0.4) is 0 Å². The number of nitro groups is 1. The molecule has 2 aromatic carbocycles. The Hall–Kier alpha value is -3.62. The molecular weight excluding hydrogens is 424 g/mol. The van der Waals surface area contributed by atoms with Gasteiger partial charge in [0.1, 0.15) is 17.5 Å². The highest BCUT2D eigenvalue weighted by Gasteiger charge is 2.38. The van der Waals surface area contributed by atoms with Gasteiger partial charge in [-0.25, -0.2) is 0 Å². The largest absolute Gasteiger partial charge is 0.497 e. The number of benzene rings is 2. The van der Waals surface area contributed by atoms with Crippen LogP contribution in [0.1, 0.15) is 25.7 Å². The molecule has 2 fully saturated rings. The average Bonchev–Trinajstić information content (AvgIpc) is 3.34. The lowest BCUT2D eigenvalue weighted by Crippen LogP contribution is -2.48. The van der Waals surface area contributed by atoms with E-state index in [0.29, 0.717) is 56.0 Å². The number of nitro benzene ring substituents is 1. The number of ether oxygens (including phenoxy) is 1. The fourth-order valence-corrected chi connectivity index (χ4v) is 4.69. The molecule has 0 bridgehead atoms. The molecule has 2 aromatic rings. The van der Waals surface area contributed by atoms with Gasteiger partial charge in [-0.2, -0.15) is 0 Å². The Kier molecular flexibility index (Phi) is 6.76. The molecule has 9 heteroatoms. The molecule has 9 nitrogen and oxygen atoms in total. The molecule has 2 heterocycles. The van der Waals surface area contributed by atoms with Crippen LogP contribution in [0.15, 0.2) is 48.5 Å². The maximum absolute atomic E-state index is 13.3. The number of para-hydroxylation sites is 2. The van der Waals surface area contributed by atoms with Gasteiger partial charge in [0.25, 0.3) is 5.69 Å². The van der Waals surface area contributed by atoms with Gasteiger partial charge >= 0.3 is 0 Å². The second-order valence-electron chi connectivity index (χ2n) is 8.41. The van der Waals surface area contributed by atoms with E-state index >= 15 is 0 Å². The number of piperidine rings is 1. The summed E-state index contributed by atoms with van der Waals surface area (Å²) in [5, 5.41) is 14.3. The van der Waals surface area contributed by atoms with Gasteiger partial charge in [-0.05, 0) is 56.0 Å². The fourth-order valence-electron chi connectivity index (χ4n) is 4.69. The number of hydrogen-bond acceptors (Lipinski definition) is 6. The van der Waals surface area contributed by atoms with Crippen LogP contribution in [0.2, 0.25) is 0 Å². The number of anilines is 2.